The van der Waals surface area contributed by atoms with Gasteiger partial charge in [0.15, 0.2) is 0 Å². The van der Waals surface area contributed by atoms with E-state index in [0.29, 0.717) is 12.5 Å². The van der Waals surface area contributed by atoms with Crippen molar-refractivity contribution in [3.63, 3.8) is 0 Å². The second kappa shape index (κ2) is 6.48. The first-order chi connectivity index (χ1) is 8.79. The Morgan fingerprint density at radius 1 is 1.39 bits per heavy atom. The molecule has 1 fully saturated rings. The van der Waals surface area contributed by atoms with Crippen LogP contribution in [-0.4, -0.2) is 31.1 Å². The molecule has 1 aromatic carbocycles. The zero-order valence-corrected chi connectivity index (χ0v) is 10.9. The van der Waals surface area contributed by atoms with Crippen molar-refractivity contribution in [2.24, 2.45) is 4.99 Å². The predicted octanol–water partition coefficient (Wildman–Crippen LogP) is 2.72. The highest BCUT2D eigenvalue weighted by atomic mass is 16.1. The van der Waals surface area contributed by atoms with Gasteiger partial charge >= 0.3 is 0 Å². The third-order valence-electron chi connectivity index (χ3n) is 3.70. The molecule has 1 atom stereocenters. The van der Waals surface area contributed by atoms with Crippen molar-refractivity contribution in [2.75, 3.05) is 20.1 Å². The molecule has 1 heterocycles. The molecular formula is C15H20N2O. The molecule has 1 saturated heterocycles. The quantitative estimate of drug-likeness (QED) is 0.605. The number of benzene rings is 1. The van der Waals surface area contributed by atoms with E-state index in [2.05, 4.69) is 35.1 Å². The van der Waals surface area contributed by atoms with Gasteiger partial charge in [0.05, 0.1) is 6.54 Å². The standard InChI is InChI=1S/C15H20N2O/c1-17-8-3-6-14(7-9-17)15-5-2-4-13(10-15)11-16-12-18/h2,4-5,10,14H,3,6-9,11H2,1H3. The van der Waals surface area contributed by atoms with Gasteiger partial charge in [-0.2, -0.15) is 0 Å². The molecule has 1 aliphatic rings. The summed E-state index contributed by atoms with van der Waals surface area (Å²) < 4.78 is 0. The molecule has 1 aliphatic heterocycles. The van der Waals surface area contributed by atoms with Crippen LogP contribution in [0.3, 0.4) is 0 Å². The smallest absolute Gasteiger partial charge is 0.235 e. The van der Waals surface area contributed by atoms with E-state index in [1.54, 1.807) is 6.08 Å². The van der Waals surface area contributed by atoms with Crippen molar-refractivity contribution >= 4 is 6.08 Å². The van der Waals surface area contributed by atoms with E-state index in [1.807, 2.05) is 6.07 Å². The number of nitrogens with zero attached hydrogens (tertiary/aromatic N) is 2. The average molecular weight is 244 g/mol. The van der Waals surface area contributed by atoms with Crippen LogP contribution in [0.15, 0.2) is 29.3 Å². The lowest BCUT2D eigenvalue weighted by Gasteiger charge is -2.16. The van der Waals surface area contributed by atoms with Gasteiger partial charge in [-0.25, -0.2) is 9.79 Å². The second-order valence-electron chi connectivity index (χ2n) is 5.08. The highest BCUT2D eigenvalue weighted by Gasteiger charge is 2.16. The van der Waals surface area contributed by atoms with Crippen LogP contribution in [0, 0.1) is 0 Å². The molecule has 0 radical (unpaired) electrons. The fourth-order valence-corrected chi connectivity index (χ4v) is 2.64. The van der Waals surface area contributed by atoms with Crippen LogP contribution < -0.4 is 0 Å². The summed E-state index contributed by atoms with van der Waals surface area (Å²) in [4.78, 5) is 16.2. The number of rotatable bonds is 3. The number of likely N-dealkylation sites (tertiary alicyclic amines) is 1. The SMILES string of the molecule is CN1CCCC(c2cccc(CN=C=O)c2)CC1. The fourth-order valence-electron chi connectivity index (χ4n) is 2.64. The lowest BCUT2D eigenvalue weighted by atomic mass is 9.91. The largest absolute Gasteiger partial charge is 0.306 e. The Labute approximate surface area is 109 Å². The normalized spacial score (nSPS) is 21.1. The summed E-state index contributed by atoms with van der Waals surface area (Å²) in [7, 11) is 2.19. The number of carbonyl (C=O) groups excluding carboxylic acids is 1. The van der Waals surface area contributed by atoms with E-state index < -0.39 is 0 Å². The van der Waals surface area contributed by atoms with Crippen LogP contribution in [0.4, 0.5) is 0 Å². The Hall–Kier alpha value is -1.44. The van der Waals surface area contributed by atoms with Gasteiger partial charge in [0.2, 0.25) is 6.08 Å². The molecular weight excluding hydrogens is 224 g/mol. The predicted molar refractivity (Wildman–Crippen MR) is 72.4 cm³/mol. The number of hydrogen-bond acceptors (Lipinski definition) is 3. The molecule has 0 spiro atoms. The van der Waals surface area contributed by atoms with E-state index in [4.69, 9.17) is 0 Å². The molecule has 96 valence electrons. The lowest BCUT2D eigenvalue weighted by Crippen LogP contribution is -2.18. The van der Waals surface area contributed by atoms with Gasteiger partial charge in [0, 0.05) is 0 Å². The van der Waals surface area contributed by atoms with Crippen LogP contribution in [0.5, 0.6) is 0 Å². The maximum Gasteiger partial charge on any atom is 0.235 e. The Balaban J connectivity index is 2.09. The molecule has 0 amide bonds. The van der Waals surface area contributed by atoms with Crippen molar-refractivity contribution in [3.05, 3.63) is 35.4 Å². The van der Waals surface area contributed by atoms with Gasteiger partial charge in [-0.1, -0.05) is 24.3 Å². The number of aliphatic imine (C=N–C) groups is 1. The lowest BCUT2D eigenvalue weighted by molar-refractivity contribution is 0.347. The molecule has 0 saturated carbocycles. The molecule has 0 bridgehead atoms. The monoisotopic (exact) mass is 244 g/mol. The van der Waals surface area contributed by atoms with Crippen LogP contribution in [0.1, 0.15) is 36.3 Å². The minimum absolute atomic E-state index is 0.448. The third kappa shape index (κ3) is 3.52. The van der Waals surface area contributed by atoms with Gasteiger partial charge in [0.1, 0.15) is 0 Å². The van der Waals surface area contributed by atoms with Crippen LogP contribution in [0.2, 0.25) is 0 Å². The van der Waals surface area contributed by atoms with Crippen LogP contribution in [-0.2, 0) is 11.3 Å². The average Bonchev–Trinajstić information content (AvgIpc) is 2.61. The zero-order valence-electron chi connectivity index (χ0n) is 10.9. The van der Waals surface area contributed by atoms with Gasteiger partial charge < -0.3 is 4.90 Å². The third-order valence-corrected chi connectivity index (χ3v) is 3.70. The first-order valence-electron chi connectivity index (χ1n) is 6.60. The highest BCUT2D eigenvalue weighted by Crippen LogP contribution is 2.28. The van der Waals surface area contributed by atoms with E-state index >= 15 is 0 Å². The summed E-state index contributed by atoms with van der Waals surface area (Å²) in [6.07, 6.45) is 5.33. The Morgan fingerprint density at radius 3 is 3.11 bits per heavy atom. The van der Waals surface area contributed by atoms with Crippen LogP contribution in [0.25, 0.3) is 0 Å². The van der Waals surface area contributed by atoms with Crippen molar-refractivity contribution in [2.45, 2.75) is 31.7 Å². The van der Waals surface area contributed by atoms with Gasteiger partial charge in [0.25, 0.3) is 0 Å². The van der Waals surface area contributed by atoms with Crippen molar-refractivity contribution < 1.29 is 4.79 Å². The summed E-state index contributed by atoms with van der Waals surface area (Å²) in [6, 6.07) is 8.48. The molecule has 1 aromatic rings. The molecule has 1 unspecified atom stereocenters. The Bertz CT molecular complexity index is 438. The van der Waals surface area contributed by atoms with Crippen molar-refractivity contribution in [1.29, 1.82) is 0 Å². The topological polar surface area (TPSA) is 32.7 Å². The van der Waals surface area contributed by atoms with E-state index in [-0.39, 0.29) is 0 Å². The van der Waals surface area contributed by atoms with Gasteiger partial charge in [-0.3, -0.25) is 0 Å². The molecule has 2 rings (SSSR count). The highest BCUT2D eigenvalue weighted by molar-refractivity contribution is 5.34. The van der Waals surface area contributed by atoms with E-state index in [0.717, 1.165) is 5.56 Å². The molecule has 0 aliphatic carbocycles. The minimum atomic E-state index is 0.448. The zero-order chi connectivity index (χ0) is 12.8. The van der Waals surface area contributed by atoms with Crippen molar-refractivity contribution in [1.82, 2.24) is 4.90 Å². The summed E-state index contributed by atoms with van der Waals surface area (Å²) in [5.41, 5.74) is 2.50. The fraction of sp³-hybridized carbons (Fsp3) is 0.533. The maximum absolute atomic E-state index is 10.1. The summed E-state index contributed by atoms with van der Waals surface area (Å²) in [6.45, 7) is 2.82. The maximum atomic E-state index is 10.1. The molecule has 0 aromatic heterocycles. The first-order valence-corrected chi connectivity index (χ1v) is 6.60. The molecule has 0 N–H and O–H groups in total. The van der Waals surface area contributed by atoms with E-state index in [9.17, 15) is 4.79 Å². The first kappa shape index (κ1) is 13.0. The number of isocyanates is 1. The minimum Gasteiger partial charge on any atom is -0.306 e. The molecule has 18 heavy (non-hydrogen) atoms. The summed E-state index contributed by atoms with van der Waals surface area (Å²) in [5.74, 6) is 0.648. The van der Waals surface area contributed by atoms with Gasteiger partial charge in [-0.15, -0.1) is 0 Å². The summed E-state index contributed by atoms with van der Waals surface area (Å²) in [5, 5.41) is 0. The summed E-state index contributed by atoms with van der Waals surface area (Å²) >= 11 is 0. The molecule has 3 heteroatoms. The Morgan fingerprint density at radius 2 is 2.28 bits per heavy atom. The van der Waals surface area contributed by atoms with Crippen molar-refractivity contribution in [3.8, 4) is 0 Å². The van der Waals surface area contributed by atoms with Gasteiger partial charge in [-0.05, 0) is 56.4 Å². The van der Waals surface area contributed by atoms with E-state index in [1.165, 1.54) is 37.9 Å². The molecule has 3 nitrogen and oxygen atoms in total. The van der Waals surface area contributed by atoms with Crippen LogP contribution >= 0.6 is 0 Å². The second-order valence-corrected chi connectivity index (χ2v) is 5.08. The number of hydrogen-bond donors (Lipinski definition) is 0. The Kier molecular flexibility index (Phi) is 4.68.